The third-order valence-electron chi connectivity index (χ3n) is 5.34. The number of nitrogens with zero attached hydrogens (tertiary/aromatic N) is 3. The van der Waals surface area contributed by atoms with Crippen molar-refractivity contribution in [2.75, 3.05) is 32.7 Å². The smallest absolute Gasteiger partial charge is 0.312 e. The minimum atomic E-state index is -3.64. The van der Waals surface area contributed by atoms with Crippen molar-refractivity contribution < 1.29 is 18.0 Å². The normalized spacial score (nSPS) is 19.9. The first-order valence-electron chi connectivity index (χ1n) is 9.22. The molecule has 2 saturated heterocycles. The van der Waals surface area contributed by atoms with Crippen molar-refractivity contribution in [3.05, 3.63) is 41.4 Å². The van der Waals surface area contributed by atoms with Gasteiger partial charge in [0, 0.05) is 43.8 Å². The van der Waals surface area contributed by atoms with Crippen LogP contribution in [0.15, 0.2) is 35.7 Å². The molecule has 28 heavy (non-hydrogen) atoms. The lowest BCUT2D eigenvalue weighted by molar-refractivity contribution is -0.157. The van der Waals surface area contributed by atoms with Gasteiger partial charge >= 0.3 is 11.8 Å². The Balaban J connectivity index is 1.66. The number of sulfonamides is 1. The molecule has 0 bridgehead atoms. The third kappa shape index (κ3) is 3.94. The highest BCUT2D eigenvalue weighted by Crippen LogP contribution is 2.27. The topological polar surface area (TPSA) is 78.0 Å². The summed E-state index contributed by atoms with van der Waals surface area (Å²) >= 11 is 6.08. The van der Waals surface area contributed by atoms with Gasteiger partial charge in [-0.15, -0.1) is 6.58 Å². The van der Waals surface area contributed by atoms with Crippen LogP contribution < -0.4 is 0 Å². The fourth-order valence-electron chi connectivity index (χ4n) is 3.65. The molecule has 3 rings (SSSR count). The predicted molar refractivity (Wildman–Crippen MR) is 106 cm³/mol. The van der Waals surface area contributed by atoms with E-state index in [-0.39, 0.29) is 10.9 Å². The van der Waals surface area contributed by atoms with Gasteiger partial charge in [0.2, 0.25) is 10.0 Å². The lowest BCUT2D eigenvalue weighted by Gasteiger charge is -2.41. The molecular weight excluding hydrogens is 402 g/mol. The van der Waals surface area contributed by atoms with Gasteiger partial charge in [-0.1, -0.05) is 23.7 Å². The van der Waals surface area contributed by atoms with E-state index in [4.69, 9.17) is 11.6 Å². The Morgan fingerprint density at radius 2 is 1.82 bits per heavy atom. The number of rotatable bonds is 5. The number of piperidine rings is 1. The van der Waals surface area contributed by atoms with E-state index < -0.39 is 21.8 Å². The average molecular weight is 426 g/mol. The summed E-state index contributed by atoms with van der Waals surface area (Å²) in [5, 5.41) is 0.414. The summed E-state index contributed by atoms with van der Waals surface area (Å²) in [6.07, 6.45) is 2.60. The number of hydrogen-bond acceptors (Lipinski definition) is 4. The summed E-state index contributed by atoms with van der Waals surface area (Å²) in [5.41, 5.74) is 0.818. The van der Waals surface area contributed by atoms with Gasteiger partial charge in [-0.3, -0.25) is 9.59 Å². The van der Waals surface area contributed by atoms with Crippen molar-refractivity contribution in [2.24, 2.45) is 0 Å². The molecule has 0 saturated carbocycles. The summed E-state index contributed by atoms with van der Waals surface area (Å²) in [5.74, 6) is -1.03. The van der Waals surface area contributed by atoms with E-state index in [0.717, 1.165) is 5.56 Å². The maximum Gasteiger partial charge on any atom is 0.312 e. The van der Waals surface area contributed by atoms with E-state index in [0.29, 0.717) is 50.6 Å². The molecule has 0 atom stereocenters. The van der Waals surface area contributed by atoms with Crippen LogP contribution in [-0.4, -0.2) is 73.1 Å². The molecule has 0 unspecified atom stereocenters. The van der Waals surface area contributed by atoms with Crippen LogP contribution in [0.5, 0.6) is 0 Å². The minimum absolute atomic E-state index is 0.129. The summed E-state index contributed by atoms with van der Waals surface area (Å²) in [6.45, 7) is 7.30. The monoisotopic (exact) mass is 425 g/mol. The highest BCUT2D eigenvalue weighted by atomic mass is 35.5. The van der Waals surface area contributed by atoms with E-state index in [1.54, 1.807) is 23.1 Å². The average Bonchev–Trinajstić information content (AvgIpc) is 2.68. The number of carbonyl (C=O) groups is 2. The summed E-state index contributed by atoms with van der Waals surface area (Å²) in [7, 11) is -3.64. The van der Waals surface area contributed by atoms with Crippen molar-refractivity contribution in [2.45, 2.75) is 30.7 Å². The molecule has 0 N–H and O–H groups in total. The van der Waals surface area contributed by atoms with Crippen molar-refractivity contribution in [1.82, 2.24) is 14.1 Å². The zero-order chi connectivity index (χ0) is 20.5. The lowest BCUT2D eigenvalue weighted by Crippen LogP contribution is -2.59. The first-order valence-corrected chi connectivity index (χ1v) is 11.0. The van der Waals surface area contributed by atoms with Gasteiger partial charge < -0.3 is 9.80 Å². The third-order valence-corrected chi connectivity index (χ3v) is 7.64. The van der Waals surface area contributed by atoms with Gasteiger partial charge in [-0.2, -0.15) is 4.31 Å². The van der Waals surface area contributed by atoms with E-state index in [9.17, 15) is 18.0 Å². The number of aryl methyl sites for hydroxylation is 1. The van der Waals surface area contributed by atoms with Gasteiger partial charge in [0.25, 0.3) is 0 Å². The standard InChI is InChI=1S/C19H24ClN3O4S/c1-3-8-21-11-12-23(19(25)18(21)24)15-6-9-22(10-7-15)28(26,27)16-5-4-14(2)17(20)13-16/h3-5,13,15H,1,6-12H2,2H3. The largest absolute Gasteiger partial charge is 0.330 e. The highest BCUT2D eigenvalue weighted by Gasteiger charge is 2.38. The maximum absolute atomic E-state index is 12.9. The zero-order valence-corrected chi connectivity index (χ0v) is 17.4. The van der Waals surface area contributed by atoms with Crippen LogP contribution in [0.4, 0.5) is 0 Å². The van der Waals surface area contributed by atoms with E-state index in [2.05, 4.69) is 6.58 Å². The van der Waals surface area contributed by atoms with Gasteiger partial charge in [0.05, 0.1) is 4.90 Å². The van der Waals surface area contributed by atoms with E-state index in [1.807, 2.05) is 6.92 Å². The zero-order valence-electron chi connectivity index (χ0n) is 15.8. The molecule has 7 nitrogen and oxygen atoms in total. The molecule has 2 amide bonds. The molecule has 2 aliphatic rings. The summed E-state index contributed by atoms with van der Waals surface area (Å²) < 4.78 is 27.2. The van der Waals surface area contributed by atoms with Crippen LogP contribution in [0.2, 0.25) is 5.02 Å². The second kappa shape index (κ2) is 8.23. The number of carbonyl (C=O) groups excluding carboxylic acids is 2. The fraction of sp³-hybridized carbons (Fsp3) is 0.474. The van der Waals surface area contributed by atoms with Crippen LogP contribution in [-0.2, 0) is 19.6 Å². The Morgan fingerprint density at radius 1 is 1.14 bits per heavy atom. The minimum Gasteiger partial charge on any atom is -0.330 e. The molecule has 1 aromatic rings. The van der Waals surface area contributed by atoms with Crippen molar-refractivity contribution in [3.63, 3.8) is 0 Å². The van der Waals surface area contributed by atoms with E-state index in [1.165, 1.54) is 15.3 Å². The molecule has 2 heterocycles. The van der Waals surface area contributed by atoms with Gasteiger partial charge in [-0.05, 0) is 37.5 Å². The first-order chi connectivity index (χ1) is 13.3. The van der Waals surface area contributed by atoms with E-state index >= 15 is 0 Å². The van der Waals surface area contributed by atoms with Crippen LogP contribution >= 0.6 is 11.6 Å². The molecule has 0 spiro atoms. The quantitative estimate of drug-likeness (QED) is 0.531. The van der Waals surface area contributed by atoms with Gasteiger partial charge in [0.15, 0.2) is 0 Å². The number of hydrogen-bond donors (Lipinski definition) is 0. The van der Waals surface area contributed by atoms with Gasteiger partial charge in [-0.25, -0.2) is 8.42 Å². The van der Waals surface area contributed by atoms with Crippen LogP contribution in [0.1, 0.15) is 18.4 Å². The number of benzene rings is 1. The molecule has 0 radical (unpaired) electrons. The molecule has 2 aliphatic heterocycles. The first kappa shape index (κ1) is 20.8. The lowest BCUT2D eigenvalue weighted by atomic mass is 10.0. The Morgan fingerprint density at radius 3 is 2.43 bits per heavy atom. The fourth-order valence-corrected chi connectivity index (χ4v) is 5.39. The second-order valence-electron chi connectivity index (χ2n) is 7.08. The van der Waals surface area contributed by atoms with Crippen LogP contribution in [0.3, 0.4) is 0 Å². The Bertz CT molecular complexity index is 894. The highest BCUT2D eigenvalue weighted by molar-refractivity contribution is 7.89. The van der Waals surface area contributed by atoms with Crippen LogP contribution in [0.25, 0.3) is 0 Å². The number of halogens is 1. The predicted octanol–water partition coefficient (Wildman–Crippen LogP) is 1.66. The Labute approximate surface area is 170 Å². The Kier molecular flexibility index (Phi) is 6.12. The number of piperazine rings is 1. The molecule has 9 heteroatoms. The molecule has 0 aliphatic carbocycles. The molecular formula is C19H24ClN3O4S. The second-order valence-corrected chi connectivity index (χ2v) is 9.43. The van der Waals surface area contributed by atoms with Crippen molar-refractivity contribution in [1.29, 1.82) is 0 Å². The SMILES string of the molecule is C=CCN1CCN(C2CCN(S(=O)(=O)c3ccc(C)c(Cl)c3)CC2)C(=O)C1=O. The maximum atomic E-state index is 12.9. The number of amides is 2. The van der Waals surface area contributed by atoms with Crippen molar-refractivity contribution in [3.8, 4) is 0 Å². The summed E-state index contributed by atoms with van der Waals surface area (Å²) in [4.78, 5) is 27.9. The molecule has 2 fully saturated rings. The summed E-state index contributed by atoms with van der Waals surface area (Å²) in [6, 6.07) is 4.59. The van der Waals surface area contributed by atoms with Gasteiger partial charge in [0.1, 0.15) is 0 Å². The Hall–Kier alpha value is -1.90. The molecule has 152 valence electrons. The van der Waals surface area contributed by atoms with Crippen molar-refractivity contribution >= 4 is 33.4 Å². The molecule has 1 aromatic carbocycles. The van der Waals surface area contributed by atoms with Crippen LogP contribution in [0, 0.1) is 6.92 Å². The molecule has 0 aromatic heterocycles.